The molecular formula is C12H18ClN3O2S. The molecule has 1 fully saturated rings. The minimum absolute atomic E-state index is 0. The van der Waals surface area contributed by atoms with E-state index in [0.717, 1.165) is 5.56 Å². The first kappa shape index (κ1) is 15.9. The highest BCUT2D eigenvalue weighted by atomic mass is 35.5. The van der Waals surface area contributed by atoms with Crippen molar-refractivity contribution in [2.45, 2.75) is 13.0 Å². The molecule has 1 aromatic rings. The number of hydrogen-bond acceptors (Lipinski definition) is 4. The molecule has 5 nitrogen and oxygen atoms in total. The lowest BCUT2D eigenvalue weighted by molar-refractivity contribution is -0.133. The second-order valence-electron chi connectivity index (χ2n) is 4.42. The maximum atomic E-state index is 12.1. The average molecular weight is 304 g/mol. The zero-order chi connectivity index (χ0) is 13.1. The zero-order valence-corrected chi connectivity index (χ0v) is 12.4. The molecule has 2 N–H and O–H groups in total. The monoisotopic (exact) mass is 303 g/mol. The van der Waals surface area contributed by atoms with E-state index in [9.17, 15) is 9.59 Å². The maximum Gasteiger partial charge on any atom is 0.254 e. The van der Waals surface area contributed by atoms with Crippen molar-refractivity contribution in [2.75, 3.05) is 26.2 Å². The number of hydrogen-bond donors (Lipinski definition) is 1. The molecule has 1 saturated heterocycles. The second-order valence-corrected chi connectivity index (χ2v) is 5.20. The van der Waals surface area contributed by atoms with Gasteiger partial charge in [0.15, 0.2) is 0 Å². The Kier molecular flexibility index (Phi) is 5.78. The normalized spacial score (nSPS) is 16.7. The Morgan fingerprint density at radius 1 is 1.26 bits per heavy atom. The van der Waals surface area contributed by atoms with Crippen molar-refractivity contribution in [2.24, 2.45) is 5.73 Å². The molecule has 106 valence electrons. The third kappa shape index (κ3) is 3.68. The van der Waals surface area contributed by atoms with Crippen LogP contribution in [-0.4, -0.2) is 53.8 Å². The van der Waals surface area contributed by atoms with Crippen LogP contribution in [0.3, 0.4) is 0 Å². The fourth-order valence-corrected chi connectivity index (χ4v) is 2.62. The van der Waals surface area contributed by atoms with Crippen LogP contribution in [0.5, 0.6) is 0 Å². The number of piperazine rings is 1. The summed E-state index contributed by atoms with van der Waals surface area (Å²) in [6.07, 6.45) is 0. The largest absolute Gasteiger partial charge is 0.338 e. The van der Waals surface area contributed by atoms with Crippen LogP contribution in [0.2, 0.25) is 0 Å². The Balaban J connectivity index is 0.00000180. The first-order valence-corrected chi connectivity index (χ1v) is 6.89. The predicted octanol–water partition coefficient (Wildman–Crippen LogP) is 0.802. The molecule has 0 aliphatic carbocycles. The average Bonchev–Trinajstić information content (AvgIpc) is 2.91. The molecule has 0 spiro atoms. The standard InChI is InChI=1S/C12H17N3O2S.ClH/c1-9(13)11(16)14-3-5-15(6-4-14)12(17)10-2-7-18-8-10;/h2,7-9H,3-6,13H2,1H3;1H/t9-;/m0./s1. The van der Waals surface area contributed by atoms with Crippen LogP contribution >= 0.6 is 23.7 Å². The summed E-state index contributed by atoms with van der Waals surface area (Å²) in [5.41, 5.74) is 6.30. The molecule has 2 rings (SSSR count). The van der Waals surface area contributed by atoms with Crippen molar-refractivity contribution in [3.63, 3.8) is 0 Å². The molecule has 0 bridgehead atoms. The number of thiophene rings is 1. The van der Waals surface area contributed by atoms with Gasteiger partial charge in [-0.05, 0) is 18.4 Å². The molecule has 0 saturated carbocycles. The Bertz CT molecular complexity index is 428. The van der Waals surface area contributed by atoms with E-state index in [1.807, 2.05) is 16.8 Å². The third-order valence-electron chi connectivity index (χ3n) is 3.04. The van der Waals surface area contributed by atoms with Crippen molar-refractivity contribution in [1.82, 2.24) is 9.80 Å². The summed E-state index contributed by atoms with van der Waals surface area (Å²) >= 11 is 1.51. The van der Waals surface area contributed by atoms with Gasteiger partial charge in [0.05, 0.1) is 11.6 Å². The maximum absolute atomic E-state index is 12.1. The van der Waals surface area contributed by atoms with Gasteiger partial charge in [-0.2, -0.15) is 11.3 Å². The van der Waals surface area contributed by atoms with Gasteiger partial charge < -0.3 is 15.5 Å². The van der Waals surface area contributed by atoms with Gasteiger partial charge in [0.1, 0.15) is 0 Å². The van der Waals surface area contributed by atoms with Gasteiger partial charge >= 0.3 is 0 Å². The van der Waals surface area contributed by atoms with Gasteiger partial charge in [-0.1, -0.05) is 0 Å². The molecule has 2 amide bonds. The van der Waals surface area contributed by atoms with Crippen molar-refractivity contribution in [1.29, 1.82) is 0 Å². The highest BCUT2D eigenvalue weighted by molar-refractivity contribution is 7.08. The van der Waals surface area contributed by atoms with Gasteiger partial charge in [-0.15, -0.1) is 12.4 Å². The summed E-state index contributed by atoms with van der Waals surface area (Å²) in [5.74, 6) is 0.00165. The number of carbonyl (C=O) groups excluding carboxylic acids is 2. The lowest BCUT2D eigenvalue weighted by atomic mass is 10.2. The van der Waals surface area contributed by atoms with Crippen LogP contribution in [0.4, 0.5) is 0 Å². The fraction of sp³-hybridized carbons (Fsp3) is 0.500. The van der Waals surface area contributed by atoms with Crippen molar-refractivity contribution >= 4 is 35.6 Å². The summed E-state index contributed by atoms with van der Waals surface area (Å²) in [7, 11) is 0. The minimum atomic E-state index is -0.468. The molecular weight excluding hydrogens is 286 g/mol. The van der Waals surface area contributed by atoms with E-state index >= 15 is 0 Å². The molecule has 1 aliphatic heterocycles. The number of carbonyl (C=O) groups is 2. The molecule has 0 aromatic carbocycles. The Hall–Kier alpha value is -1.11. The Labute approximate surface area is 122 Å². The van der Waals surface area contributed by atoms with E-state index in [1.54, 1.807) is 16.7 Å². The molecule has 19 heavy (non-hydrogen) atoms. The van der Waals surface area contributed by atoms with Gasteiger partial charge in [-0.25, -0.2) is 0 Å². The SMILES string of the molecule is C[C@H](N)C(=O)N1CCN(C(=O)c2ccsc2)CC1.Cl. The van der Waals surface area contributed by atoms with Crippen LogP contribution in [0.1, 0.15) is 17.3 Å². The van der Waals surface area contributed by atoms with E-state index < -0.39 is 6.04 Å². The van der Waals surface area contributed by atoms with Gasteiger partial charge in [0, 0.05) is 31.6 Å². The lowest BCUT2D eigenvalue weighted by Crippen LogP contribution is -2.53. The first-order valence-electron chi connectivity index (χ1n) is 5.95. The van der Waals surface area contributed by atoms with E-state index in [2.05, 4.69) is 0 Å². The number of amides is 2. The van der Waals surface area contributed by atoms with Gasteiger partial charge in [-0.3, -0.25) is 9.59 Å². The third-order valence-corrected chi connectivity index (χ3v) is 3.72. The van der Waals surface area contributed by atoms with Crippen LogP contribution in [-0.2, 0) is 4.79 Å². The van der Waals surface area contributed by atoms with Crippen LogP contribution in [0.25, 0.3) is 0 Å². The topological polar surface area (TPSA) is 66.6 Å². The summed E-state index contributed by atoms with van der Waals surface area (Å²) in [5, 5.41) is 3.74. The molecule has 1 atom stereocenters. The summed E-state index contributed by atoms with van der Waals surface area (Å²) in [6, 6.07) is 1.36. The number of halogens is 1. The van der Waals surface area contributed by atoms with E-state index in [0.29, 0.717) is 26.2 Å². The van der Waals surface area contributed by atoms with Crippen LogP contribution in [0, 0.1) is 0 Å². The number of nitrogens with zero attached hydrogens (tertiary/aromatic N) is 2. The van der Waals surface area contributed by atoms with E-state index in [1.165, 1.54) is 11.3 Å². The zero-order valence-electron chi connectivity index (χ0n) is 10.7. The number of rotatable bonds is 2. The van der Waals surface area contributed by atoms with Crippen molar-refractivity contribution in [3.8, 4) is 0 Å². The molecule has 7 heteroatoms. The minimum Gasteiger partial charge on any atom is -0.338 e. The van der Waals surface area contributed by atoms with Crippen LogP contribution < -0.4 is 5.73 Å². The summed E-state index contributed by atoms with van der Waals surface area (Å²) in [6.45, 7) is 3.97. The lowest BCUT2D eigenvalue weighted by Gasteiger charge is -2.35. The van der Waals surface area contributed by atoms with Gasteiger partial charge in [0.25, 0.3) is 5.91 Å². The molecule has 1 aromatic heterocycles. The van der Waals surface area contributed by atoms with Crippen LogP contribution in [0.15, 0.2) is 16.8 Å². The van der Waals surface area contributed by atoms with Crippen molar-refractivity contribution in [3.05, 3.63) is 22.4 Å². The number of nitrogens with two attached hydrogens (primary N) is 1. The molecule has 0 unspecified atom stereocenters. The predicted molar refractivity (Wildman–Crippen MR) is 77.7 cm³/mol. The smallest absolute Gasteiger partial charge is 0.254 e. The van der Waals surface area contributed by atoms with E-state index in [-0.39, 0.29) is 24.2 Å². The van der Waals surface area contributed by atoms with E-state index in [4.69, 9.17) is 5.73 Å². The Morgan fingerprint density at radius 2 is 1.84 bits per heavy atom. The summed E-state index contributed by atoms with van der Waals surface area (Å²) < 4.78 is 0. The highest BCUT2D eigenvalue weighted by Crippen LogP contribution is 2.12. The summed E-state index contributed by atoms with van der Waals surface area (Å²) in [4.78, 5) is 27.3. The molecule has 2 heterocycles. The quantitative estimate of drug-likeness (QED) is 0.879. The second kappa shape index (κ2) is 6.88. The Morgan fingerprint density at radius 3 is 2.32 bits per heavy atom. The van der Waals surface area contributed by atoms with Gasteiger partial charge in [0.2, 0.25) is 5.91 Å². The molecule has 0 radical (unpaired) electrons. The fourth-order valence-electron chi connectivity index (χ4n) is 1.99. The molecule has 1 aliphatic rings. The van der Waals surface area contributed by atoms with Crippen molar-refractivity contribution < 1.29 is 9.59 Å². The first-order chi connectivity index (χ1) is 8.59. The highest BCUT2D eigenvalue weighted by Gasteiger charge is 2.26.